The van der Waals surface area contributed by atoms with Crippen molar-refractivity contribution in [3.63, 3.8) is 0 Å². The lowest BCUT2D eigenvalue weighted by Gasteiger charge is -2.18. The van der Waals surface area contributed by atoms with Gasteiger partial charge in [0.1, 0.15) is 0 Å². The number of nitrogens with zero attached hydrogens (tertiary/aromatic N) is 3. The number of para-hydroxylation sites is 1. The molecule has 0 radical (unpaired) electrons. The minimum absolute atomic E-state index is 0.0391. The number of hydrogen-bond donors (Lipinski definition) is 3. The van der Waals surface area contributed by atoms with Crippen molar-refractivity contribution >= 4 is 17.6 Å². The molecule has 1 atom stereocenters. The van der Waals surface area contributed by atoms with Crippen LogP contribution in [0.3, 0.4) is 0 Å². The smallest absolute Gasteiger partial charge is 0.229 e. The predicted molar refractivity (Wildman–Crippen MR) is 93.7 cm³/mol. The highest BCUT2D eigenvalue weighted by Crippen LogP contribution is 2.20. The number of amides is 1. The van der Waals surface area contributed by atoms with Gasteiger partial charge in [0.05, 0.1) is 18.3 Å². The Morgan fingerprint density at radius 2 is 2.21 bits per heavy atom. The number of aromatic amines is 1. The molecule has 1 amide bonds. The normalized spacial score (nSPS) is 18.0. The van der Waals surface area contributed by atoms with Crippen molar-refractivity contribution in [3.05, 3.63) is 48.3 Å². The first-order valence-electron chi connectivity index (χ1n) is 8.14. The van der Waals surface area contributed by atoms with Crippen LogP contribution in [0.2, 0.25) is 0 Å². The van der Waals surface area contributed by atoms with Gasteiger partial charge in [0.15, 0.2) is 5.96 Å². The van der Waals surface area contributed by atoms with E-state index in [4.69, 9.17) is 0 Å². The van der Waals surface area contributed by atoms with E-state index in [1.165, 1.54) is 0 Å². The zero-order chi connectivity index (χ0) is 16.8. The van der Waals surface area contributed by atoms with Crippen LogP contribution in [0, 0.1) is 0 Å². The van der Waals surface area contributed by atoms with E-state index in [0.717, 1.165) is 17.9 Å². The largest absolute Gasteiger partial charge is 0.357 e. The molecular weight excluding hydrogens is 304 g/mol. The van der Waals surface area contributed by atoms with E-state index >= 15 is 0 Å². The van der Waals surface area contributed by atoms with Crippen LogP contribution in [-0.4, -0.2) is 41.2 Å². The summed E-state index contributed by atoms with van der Waals surface area (Å²) in [5.41, 5.74) is 1.88. The van der Waals surface area contributed by atoms with Crippen molar-refractivity contribution in [2.24, 2.45) is 4.99 Å². The lowest BCUT2D eigenvalue weighted by Crippen LogP contribution is -2.44. The third-order valence-electron chi connectivity index (χ3n) is 3.84. The Bertz CT molecular complexity index is 682. The first-order valence-corrected chi connectivity index (χ1v) is 8.14. The standard InChI is InChI=1S/C17H22N6O/c1-2-18-17(19-11-13-8-9-20-22-13)21-14-10-16(24)23(12-14)15-6-4-3-5-7-15/h3-9,14H,2,10-12H2,1H3,(H,20,22)(H2,18,19,21). The van der Waals surface area contributed by atoms with Crippen molar-refractivity contribution in [3.8, 4) is 0 Å². The number of rotatable bonds is 5. The lowest BCUT2D eigenvalue weighted by molar-refractivity contribution is -0.117. The fourth-order valence-corrected chi connectivity index (χ4v) is 2.71. The number of benzene rings is 1. The molecule has 126 valence electrons. The second-order valence-corrected chi connectivity index (χ2v) is 5.66. The Balaban J connectivity index is 1.63. The number of aliphatic imine (C=N–C) groups is 1. The summed E-state index contributed by atoms with van der Waals surface area (Å²) in [6, 6.07) is 11.7. The molecule has 1 aliphatic heterocycles. The molecule has 1 fully saturated rings. The van der Waals surface area contributed by atoms with E-state index in [0.29, 0.717) is 25.5 Å². The van der Waals surface area contributed by atoms with Crippen LogP contribution in [0.5, 0.6) is 0 Å². The van der Waals surface area contributed by atoms with Gasteiger partial charge in [-0.3, -0.25) is 9.89 Å². The molecule has 0 saturated carbocycles. The van der Waals surface area contributed by atoms with Crippen LogP contribution in [0.15, 0.2) is 47.6 Å². The molecule has 7 nitrogen and oxygen atoms in total. The average molecular weight is 326 g/mol. The van der Waals surface area contributed by atoms with Gasteiger partial charge in [-0.05, 0) is 25.1 Å². The molecule has 1 aromatic heterocycles. The number of hydrogen-bond acceptors (Lipinski definition) is 3. The molecule has 1 saturated heterocycles. The van der Waals surface area contributed by atoms with Crippen LogP contribution in [0.1, 0.15) is 19.0 Å². The summed E-state index contributed by atoms with van der Waals surface area (Å²) in [5, 5.41) is 13.4. The fraction of sp³-hybridized carbons (Fsp3) is 0.353. The molecule has 24 heavy (non-hydrogen) atoms. The van der Waals surface area contributed by atoms with E-state index in [1.54, 1.807) is 6.20 Å². The number of carbonyl (C=O) groups excluding carboxylic acids is 1. The molecule has 0 aliphatic carbocycles. The third kappa shape index (κ3) is 3.92. The van der Waals surface area contributed by atoms with Gasteiger partial charge in [0.25, 0.3) is 0 Å². The molecule has 0 bridgehead atoms. The molecule has 1 aliphatic rings. The summed E-state index contributed by atoms with van der Waals surface area (Å²) >= 11 is 0. The minimum Gasteiger partial charge on any atom is -0.357 e. The molecule has 2 aromatic rings. The van der Waals surface area contributed by atoms with E-state index < -0.39 is 0 Å². The molecule has 3 N–H and O–H groups in total. The number of aromatic nitrogens is 2. The highest BCUT2D eigenvalue weighted by Gasteiger charge is 2.30. The van der Waals surface area contributed by atoms with Gasteiger partial charge in [-0.15, -0.1) is 0 Å². The second kappa shape index (κ2) is 7.63. The van der Waals surface area contributed by atoms with Crippen LogP contribution < -0.4 is 15.5 Å². The highest BCUT2D eigenvalue weighted by molar-refractivity contribution is 5.97. The van der Waals surface area contributed by atoms with Crippen LogP contribution in [-0.2, 0) is 11.3 Å². The summed E-state index contributed by atoms with van der Waals surface area (Å²) < 4.78 is 0. The van der Waals surface area contributed by atoms with Crippen molar-refractivity contribution in [2.75, 3.05) is 18.0 Å². The Morgan fingerprint density at radius 1 is 1.38 bits per heavy atom. The summed E-state index contributed by atoms with van der Waals surface area (Å²) in [5.74, 6) is 0.836. The Morgan fingerprint density at radius 3 is 2.92 bits per heavy atom. The first kappa shape index (κ1) is 16.0. The maximum Gasteiger partial charge on any atom is 0.229 e. The molecule has 1 unspecified atom stereocenters. The zero-order valence-corrected chi connectivity index (χ0v) is 13.7. The summed E-state index contributed by atoms with van der Waals surface area (Å²) in [4.78, 5) is 18.6. The number of H-pyrrole nitrogens is 1. The summed E-state index contributed by atoms with van der Waals surface area (Å²) in [6.45, 7) is 3.93. The van der Waals surface area contributed by atoms with Crippen molar-refractivity contribution in [2.45, 2.75) is 25.9 Å². The topological polar surface area (TPSA) is 85.4 Å². The maximum atomic E-state index is 12.3. The van der Waals surface area contributed by atoms with Crippen LogP contribution >= 0.6 is 0 Å². The van der Waals surface area contributed by atoms with Crippen LogP contribution in [0.4, 0.5) is 5.69 Å². The Labute approximate surface area is 141 Å². The van der Waals surface area contributed by atoms with Gasteiger partial charge in [0.2, 0.25) is 5.91 Å². The molecular formula is C17H22N6O. The average Bonchev–Trinajstić information content (AvgIpc) is 3.23. The van der Waals surface area contributed by atoms with Crippen molar-refractivity contribution < 1.29 is 4.79 Å². The van der Waals surface area contributed by atoms with E-state index in [2.05, 4.69) is 25.8 Å². The number of anilines is 1. The predicted octanol–water partition coefficient (Wildman–Crippen LogP) is 1.27. The number of nitrogens with one attached hydrogen (secondary N) is 3. The van der Waals surface area contributed by atoms with E-state index in [-0.39, 0.29) is 11.9 Å². The molecule has 7 heteroatoms. The summed E-state index contributed by atoms with van der Waals surface area (Å²) in [6.07, 6.45) is 2.17. The molecule has 3 rings (SSSR count). The minimum atomic E-state index is 0.0391. The van der Waals surface area contributed by atoms with Crippen molar-refractivity contribution in [1.82, 2.24) is 20.8 Å². The number of carbonyl (C=O) groups is 1. The van der Waals surface area contributed by atoms with Gasteiger partial charge in [-0.1, -0.05) is 18.2 Å². The maximum absolute atomic E-state index is 12.3. The van der Waals surface area contributed by atoms with Gasteiger partial charge in [-0.2, -0.15) is 5.10 Å². The fourth-order valence-electron chi connectivity index (χ4n) is 2.71. The van der Waals surface area contributed by atoms with Gasteiger partial charge >= 0.3 is 0 Å². The van der Waals surface area contributed by atoms with Gasteiger partial charge in [0, 0.05) is 31.4 Å². The SMILES string of the molecule is CCNC(=NCc1ccn[nH]1)NC1CC(=O)N(c2ccccc2)C1. The Hall–Kier alpha value is -2.83. The van der Waals surface area contributed by atoms with Crippen molar-refractivity contribution in [1.29, 1.82) is 0 Å². The van der Waals surface area contributed by atoms with E-state index in [1.807, 2.05) is 48.2 Å². The Kier molecular flexibility index (Phi) is 5.10. The zero-order valence-electron chi connectivity index (χ0n) is 13.7. The second-order valence-electron chi connectivity index (χ2n) is 5.66. The highest BCUT2D eigenvalue weighted by atomic mass is 16.2. The lowest BCUT2D eigenvalue weighted by atomic mass is 10.2. The van der Waals surface area contributed by atoms with Gasteiger partial charge in [-0.25, -0.2) is 4.99 Å². The van der Waals surface area contributed by atoms with E-state index in [9.17, 15) is 4.79 Å². The molecule has 0 spiro atoms. The quantitative estimate of drug-likeness (QED) is 0.570. The first-order chi connectivity index (χ1) is 11.8. The monoisotopic (exact) mass is 326 g/mol. The molecule has 1 aromatic carbocycles. The third-order valence-corrected chi connectivity index (χ3v) is 3.84. The number of guanidine groups is 1. The summed E-state index contributed by atoms with van der Waals surface area (Å²) in [7, 11) is 0. The van der Waals surface area contributed by atoms with Crippen LogP contribution in [0.25, 0.3) is 0 Å². The van der Waals surface area contributed by atoms with Gasteiger partial charge < -0.3 is 15.5 Å². The molecule has 2 heterocycles.